The monoisotopic (exact) mass is 529 g/mol. The van der Waals surface area contributed by atoms with Crippen LogP contribution >= 0.6 is 24.8 Å². The normalized spacial score (nSPS) is 16.2. The number of likely N-dealkylation sites (tertiary alicyclic amines) is 1. The number of hydrogen-bond donors (Lipinski definition) is 3. The largest absolute Gasteiger partial charge is 0.491 e. The number of ether oxygens (including phenoxy) is 1. The summed E-state index contributed by atoms with van der Waals surface area (Å²) in [6.07, 6.45) is 1.37. The Labute approximate surface area is 215 Å². The lowest BCUT2D eigenvalue weighted by Crippen LogP contribution is -2.40. The fourth-order valence-corrected chi connectivity index (χ4v) is 4.22. The van der Waals surface area contributed by atoms with Crippen molar-refractivity contribution < 1.29 is 28.7 Å². The zero-order chi connectivity index (χ0) is 23.4. The van der Waals surface area contributed by atoms with Gasteiger partial charge in [-0.05, 0) is 62.2 Å². The molecule has 192 valence electrons. The first-order valence-electron chi connectivity index (χ1n) is 11.0. The molecule has 0 radical (unpaired) electrons. The van der Waals surface area contributed by atoms with Crippen molar-refractivity contribution in [3.05, 3.63) is 59.5 Å². The number of aliphatic hydroxyl groups is 1. The van der Waals surface area contributed by atoms with Crippen LogP contribution in [0.3, 0.4) is 0 Å². The molecule has 2 aromatic carbocycles. The molecule has 2 heterocycles. The zero-order valence-corrected chi connectivity index (χ0v) is 20.6. The molecule has 0 saturated carbocycles. The van der Waals surface area contributed by atoms with E-state index < -0.39 is 18.1 Å². The van der Waals surface area contributed by atoms with E-state index in [0.717, 1.165) is 42.6 Å². The summed E-state index contributed by atoms with van der Waals surface area (Å²) in [4.78, 5) is 13.0. The number of piperidine rings is 1. The second-order valence-corrected chi connectivity index (χ2v) is 8.54. The van der Waals surface area contributed by atoms with Gasteiger partial charge < -0.3 is 30.1 Å². The van der Waals surface area contributed by atoms with E-state index in [9.17, 15) is 14.3 Å². The molecule has 1 aromatic heterocycles. The van der Waals surface area contributed by atoms with Gasteiger partial charge in [0.25, 0.3) is 0 Å². The topological polar surface area (TPSA) is 122 Å². The number of nitrogens with zero attached hydrogens (tertiary/aromatic N) is 2. The van der Waals surface area contributed by atoms with Crippen LogP contribution in [0.4, 0.5) is 4.39 Å². The molecule has 0 amide bonds. The third-order valence-corrected chi connectivity index (χ3v) is 6.04. The summed E-state index contributed by atoms with van der Waals surface area (Å²) in [6, 6.07) is 10.6. The van der Waals surface area contributed by atoms with Crippen LogP contribution in [0.25, 0.3) is 11.0 Å². The summed E-state index contributed by atoms with van der Waals surface area (Å²) >= 11 is 0. The Morgan fingerprint density at radius 3 is 2.54 bits per heavy atom. The first kappa shape index (κ1) is 28.8. The van der Waals surface area contributed by atoms with E-state index in [4.69, 9.17) is 20.1 Å². The molecule has 1 unspecified atom stereocenters. The molecule has 0 bridgehead atoms. The van der Waals surface area contributed by atoms with Crippen molar-refractivity contribution in [1.29, 1.82) is 0 Å². The Morgan fingerprint density at radius 1 is 1.20 bits per heavy atom. The highest BCUT2D eigenvalue weighted by Crippen LogP contribution is 2.32. The molecule has 1 saturated heterocycles. The van der Waals surface area contributed by atoms with E-state index in [0.29, 0.717) is 17.9 Å². The number of carbonyl (C=O) groups is 1. The number of halogens is 3. The molecule has 1 fully saturated rings. The van der Waals surface area contributed by atoms with E-state index in [1.165, 1.54) is 12.1 Å². The minimum Gasteiger partial charge on any atom is -0.491 e. The summed E-state index contributed by atoms with van der Waals surface area (Å²) in [7, 11) is 0. The van der Waals surface area contributed by atoms with Crippen molar-refractivity contribution in [2.45, 2.75) is 37.3 Å². The number of aliphatic carboxylic acids is 1. The maximum absolute atomic E-state index is 13.4. The molecule has 1 aliphatic heterocycles. The number of aliphatic hydroxyl groups excluding tert-OH is 1. The van der Waals surface area contributed by atoms with Gasteiger partial charge in [0.2, 0.25) is 0 Å². The number of hydrogen-bond acceptors (Lipinski definition) is 7. The van der Waals surface area contributed by atoms with Gasteiger partial charge in [-0.1, -0.05) is 17.3 Å². The molecule has 0 aliphatic carbocycles. The Hall–Kier alpha value is -2.43. The van der Waals surface area contributed by atoms with Gasteiger partial charge in [0, 0.05) is 23.9 Å². The first-order chi connectivity index (χ1) is 15.9. The average molecular weight is 530 g/mol. The van der Waals surface area contributed by atoms with E-state index in [-0.39, 0.29) is 49.6 Å². The number of benzene rings is 2. The number of aromatic nitrogens is 1. The molecule has 0 spiro atoms. The first-order valence-corrected chi connectivity index (χ1v) is 11.0. The molecule has 11 heteroatoms. The molecule has 4 rings (SSSR count). The predicted octanol–water partition coefficient (Wildman–Crippen LogP) is 3.38. The Bertz CT molecular complexity index is 1090. The summed E-state index contributed by atoms with van der Waals surface area (Å²) in [5.41, 5.74) is 7.71. The maximum atomic E-state index is 13.4. The van der Waals surface area contributed by atoms with Gasteiger partial charge in [-0.15, -0.1) is 24.8 Å². The Balaban J connectivity index is 0.00000216. The van der Waals surface area contributed by atoms with Crippen LogP contribution in [-0.2, 0) is 11.2 Å². The standard InChI is InChI=1S/C24H28FN3O5.2ClH/c25-17-3-6-20-22(12-17)33-27-23(20)16-7-9-28(10-8-16)13-18(29)14-32-19-4-1-15(2-5-19)11-21(26)24(30)31;;/h1-6,12,16,18,21,29H,7-11,13-14,26H2,(H,30,31);2*1H/t18?,21-;;/m0../s1. The smallest absolute Gasteiger partial charge is 0.320 e. The average Bonchev–Trinajstić information content (AvgIpc) is 3.22. The van der Waals surface area contributed by atoms with E-state index in [2.05, 4.69) is 10.1 Å². The van der Waals surface area contributed by atoms with Gasteiger partial charge in [0.1, 0.15) is 30.3 Å². The van der Waals surface area contributed by atoms with Gasteiger partial charge >= 0.3 is 5.97 Å². The molecule has 4 N–H and O–H groups in total. The number of carboxylic acid groups (broad SMARTS) is 1. The fourth-order valence-electron chi connectivity index (χ4n) is 4.22. The van der Waals surface area contributed by atoms with Crippen molar-refractivity contribution in [2.24, 2.45) is 5.73 Å². The summed E-state index contributed by atoms with van der Waals surface area (Å²) in [5, 5.41) is 24.3. The lowest BCUT2D eigenvalue weighted by atomic mass is 9.91. The summed E-state index contributed by atoms with van der Waals surface area (Å²) < 4.78 is 24.3. The van der Waals surface area contributed by atoms with Crippen molar-refractivity contribution >= 4 is 41.8 Å². The van der Waals surface area contributed by atoms with E-state index in [1.54, 1.807) is 30.3 Å². The molecular formula is C24H30Cl2FN3O5. The van der Waals surface area contributed by atoms with Gasteiger partial charge in [-0.3, -0.25) is 4.79 Å². The predicted molar refractivity (Wildman–Crippen MR) is 134 cm³/mol. The molecule has 8 nitrogen and oxygen atoms in total. The highest BCUT2D eigenvalue weighted by Gasteiger charge is 2.26. The lowest BCUT2D eigenvalue weighted by molar-refractivity contribution is -0.138. The maximum Gasteiger partial charge on any atom is 0.320 e. The van der Waals surface area contributed by atoms with Crippen LogP contribution in [0.2, 0.25) is 0 Å². The van der Waals surface area contributed by atoms with Crippen LogP contribution in [0.5, 0.6) is 5.75 Å². The van der Waals surface area contributed by atoms with Crippen LogP contribution in [-0.4, -0.2) is 64.6 Å². The molecule has 35 heavy (non-hydrogen) atoms. The number of nitrogens with two attached hydrogens (primary N) is 1. The molecule has 3 aromatic rings. The second-order valence-electron chi connectivity index (χ2n) is 8.54. The van der Waals surface area contributed by atoms with Crippen LogP contribution in [0.15, 0.2) is 47.0 Å². The minimum atomic E-state index is -1.03. The van der Waals surface area contributed by atoms with Crippen LogP contribution in [0.1, 0.15) is 30.0 Å². The van der Waals surface area contributed by atoms with Crippen molar-refractivity contribution in [3.63, 3.8) is 0 Å². The van der Waals surface area contributed by atoms with E-state index >= 15 is 0 Å². The Kier molecular flexibility index (Phi) is 10.7. The number of carboxylic acids is 1. The van der Waals surface area contributed by atoms with Gasteiger partial charge in [-0.2, -0.15) is 0 Å². The van der Waals surface area contributed by atoms with E-state index in [1.807, 2.05) is 0 Å². The molecular weight excluding hydrogens is 500 g/mol. The van der Waals surface area contributed by atoms with Crippen molar-refractivity contribution in [1.82, 2.24) is 10.1 Å². The fraction of sp³-hybridized carbons (Fsp3) is 0.417. The number of β-amino-alcohol motifs (C(OH)–C–C–N with tert-alkyl or cyclic N) is 1. The third-order valence-electron chi connectivity index (χ3n) is 6.04. The number of rotatable bonds is 9. The van der Waals surface area contributed by atoms with Gasteiger partial charge in [-0.25, -0.2) is 4.39 Å². The highest BCUT2D eigenvalue weighted by atomic mass is 35.5. The third kappa shape index (κ3) is 7.52. The lowest BCUT2D eigenvalue weighted by Gasteiger charge is -2.32. The van der Waals surface area contributed by atoms with Crippen LogP contribution in [0, 0.1) is 5.82 Å². The van der Waals surface area contributed by atoms with Crippen LogP contribution < -0.4 is 10.5 Å². The molecule has 2 atom stereocenters. The quantitative estimate of drug-likeness (QED) is 0.385. The second kappa shape index (κ2) is 13.0. The van der Waals surface area contributed by atoms with Gasteiger partial charge in [0.05, 0.1) is 5.69 Å². The SMILES string of the molecule is Cl.Cl.N[C@@H](Cc1ccc(OCC(O)CN2CCC(c3noc4cc(F)ccc34)CC2)cc1)C(=O)O. The number of fused-ring (bicyclic) bond motifs is 1. The van der Waals surface area contributed by atoms with Gasteiger partial charge in [0.15, 0.2) is 5.58 Å². The highest BCUT2D eigenvalue weighted by molar-refractivity contribution is 5.85. The summed E-state index contributed by atoms with van der Waals surface area (Å²) in [6.45, 7) is 2.29. The van der Waals surface area contributed by atoms with Crippen molar-refractivity contribution in [3.8, 4) is 5.75 Å². The van der Waals surface area contributed by atoms with Crippen molar-refractivity contribution in [2.75, 3.05) is 26.2 Å². The Morgan fingerprint density at radius 2 is 1.89 bits per heavy atom. The molecule has 1 aliphatic rings. The zero-order valence-electron chi connectivity index (χ0n) is 19.0. The summed E-state index contributed by atoms with van der Waals surface area (Å²) in [5.74, 6) is -0.523. The minimum absolute atomic E-state index is 0.